The second kappa shape index (κ2) is 18.0. The Morgan fingerprint density at radius 3 is 2.18 bits per heavy atom. The summed E-state index contributed by atoms with van der Waals surface area (Å²) in [6.45, 7) is 21.2. The molecule has 12 heteroatoms. The molecular formula is C45H74O12. The molecule has 4 saturated heterocycles. The average Bonchev–Trinajstić information content (AvgIpc) is 3.52. The van der Waals surface area contributed by atoms with E-state index >= 15 is 0 Å². The Morgan fingerprint density at radius 2 is 1.58 bits per heavy atom. The number of ether oxygens (including phenoxy) is 7. The van der Waals surface area contributed by atoms with Crippen molar-refractivity contribution in [3.05, 3.63) is 12.2 Å². The number of hydrogen-bond acceptors (Lipinski definition) is 12. The summed E-state index contributed by atoms with van der Waals surface area (Å²) in [6, 6.07) is 0. The molecule has 0 bridgehead atoms. The van der Waals surface area contributed by atoms with Gasteiger partial charge in [0.05, 0.1) is 60.9 Å². The molecule has 5 heterocycles. The van der Waals surface area contributed by atoms with Crippen molar-refractivity contribution >= 4 is 17.7 Å². The molecule has 0 unspecified atom stereocenters. The van der Waals surface area contributed by atoms with Crippen LogP contribution in [0.25, 0.3) is 0 Å². The fourth-order valence-corrected chi connectivity index (χ4v) is 10.9. The van der Waals surface area contributed by atoms with Crippen molar-refractivity contribution in [1.82, 2.24) is 0 Å². The lowest BCUT2D eigenvalue weighted by molar-refractivity contribution is -0.409. The molecule has 2 N–H and O–H groups in total. The van der Waals surface area contributed by atoms with Gasteiger partial charge in [0.1, 0.15) is 5.78 Å². The molecule has 0 saturated carbocycles. The summed E-state index contributed by atoms with van der Waals surface area (Å²) in [5.41, 5.74) is -1.69. The molecule has 12 nitrogen and oxygen atoms in total. The van der Waals surface area contributed by atoms with Gasteiger partial charge in [-0.15, -0.1) is 0 Å². The Morgan fingerprint density at radius 1 is 0.895 bits per heavy atom. The fourth-order valence-electron chi connectivity index (χ4n) is 10.9. The van der Waals surface area contributed by atoms with E-state index in [4.69, 9.17) is 33.2 Å². The van der Waals surface area contributed by atoms with Crippen molar-refractivity contribution in [3.63, 3.8) is 0 Å². The first-order valence-corrected chi connectivity index (χ1v) is 22.0. The average molecular weight is 807 g/mol. The van der Waals surface area contributed by atoms with E-state index in [-0.39, 0.29) is 65.8 Å². The van der Waals surface area contributed by atoms with Crippen molar-refractivity contribution in [3.8, 4) is 0 Å². The number of methoxy groups -OCH3 is 1. The maximum Gasteiger partial charge on any atom is 0.311 e. The Hall–Kier alpha value is -1.93. The fraction of sp³-hybridized carbons (Fsp3) is 0.889. The first-order valence-electron chi connectivity index (χ1n) is 22.0. The zero-order valence-corrected chi connectivity index (χ0v) is 36.8. The molecular weight excluding hydrogens is 732 g/mol. The van der Waals surface area contributed by atoms with Crippen LogP contribution in [0.3, 0.4) is 0 Å². The lowest BCUT2D eigenvalue weighted by atomic mass is 9.72. The SMILES string of the molecule is CC[C@@H](C(=O)[C@@H](C)[C@@H](O)[C@H](C)[C@@H]1O[C@@H]([C@@H](CC)C(=O)OC)CC[C@@H]1C)[C@H]1O[C@@]2(C=C[C@@H](OC(C)=O)[C@]3(CC[C@@](C)([C@H]4CC[C@](O)(CC)[C@H](C)O4)O3)O2)[C@H](C)C[C@@H]1C. The highest BCUT2D eigenvalue weighted by atomic mass is 16.8. The van der Waals surface area contributed by atoms with Crippen LogP contribution in [0.15, 0.2) is 12.2 Å². The van der Waals surface area contributed by atoms with Crippen LogP contribution in [0.4, 0.5) is 0 Å². The van der Waals surface area contributed by atoms with Crippen molar-refractivity contribution in [2.75, 3.05) is 7.11 Å². The first kappa shape index (κ1) is 46.1. The Kier molecular flexibility index (Phi) is 14.5. The third-order valence-corrected chi connectivity index (χ3v) is 14.9. The van der Waals surface area contributed by atoms with E-state index in [1.54, 1.807) is 6.92 Å². The van der Waals surface area contributed by atoms with E-state index in [1.807, 2.05) is 53.7 Å². The topological polar surface area (TPSA) is 156 Å². The van der Waals surface area contributed by atoms with Crippen molar-refractivity contribution in [2.45, 2.75) is 206 Å². The molecule has 0 aromatic carbocycles. The summed E-state index contributed by atoms with van der Waals surface area (Å²) in [5.74, 6) is -5.47. The summed E-state index contributed by atoms with van der Waals surface area (Å²) >= 11 is 0. The highest BCUT2D eigenvalue weighted by Gasteiger charge is 2.64. The molecule has 2 spiro atoms. The molecule has 0 aromatic heterocycles. The smallest absolute Gasteiger partial charge is 0.311 e. The van der Waals surface area contributed by atoms with Gasteiger partial charge in [-0.3, -0.25) is 14.4 Å². The number of carbonyl (C=O) groups excluding carboxylic acids is 3. The maximum atomic E-state index is 14.6. The van der Waals surface area contributed by atoms with E-state index in [0.717, 1.165) is 12.8 Å². The van der Waals surface area contributed by atoms with Crippen LogP contribution in [-0.2, 0) is 47.5 Å². The molecule has 0 amide bonds. The van der Waals surface area contributed by atoms with E-state index in [1.165, 1.54) is 14.0 Å². The van der Waals surface area contributed by atoms with Gasteiger partial charge in [0.15, 0.2) is 11.9 Å². The van der Waals surface area contributed by atoms with Gasteiger partial charge in [-0.1, -0.05) is 55.4 Å². The number of aliphatic hydroxyl groups excluding tert-OH is 1. The predicted molar refractivity (Wildman–Crippen MR) is 213 cm³/mol. The Balaban J connectivity index is 1.36. The largest absolute Gasteiger partial charge is 0.469 e. The van der Waals surface area contributed by atoms with E-state index in [0.29, 0.717) is 51.4 Å². The van der Waals surface area contributed by atoms with Gasteiger partial charge < -0.3 is 43.4 Å². The second-order valence-corrected chi connectivity index (χ2v) is 18.7. The van der Waals surface area contributed by atoms with E-state index in [2.05, 4.69) is 20.8 Å². The quantitative estimate of drug-likeness (QED) is 0.148. The number of Topliss-reactive ketones (excluding diaryl/α,β-unsaturated/α-hetero) is 1. The van der Waals surface area contributed by atoms with Crippen LogP contribution in [0, 0.1) is 41.4 Å². The highest BCUT2D eigenvalue weighted by Crippen LogP contribution is 2.54. The van der Waals surface area contributed by atoms with Crippen molar-refractivity contribution in [1.29, 1.82) is 0 Å². The molecule has 57 heavy (non-hydrogen) atoms. The minimum Gasteiger partial charge on any atom is -0.469 e. The number of rotatable bonds is 13. The third kappa shape index (κ3) is 8.94. The maximum absolute atomic E-state index is 14.6. The molecule has 326 valence electrons. The predicted octanol–water partition coefficient (Wildman–Crippen LogP) is 6.85. The summed E-state index contributed by atoms with van der Waals surface area (Å²) in [4.78, 5) is 39.6. The van der Waals surface area contributed by atoms with Gasteiger partial charge in [-0.05, 0) is 95.6 Å². The second-order valence-electron chi connectivity index (χ2n) is 18.7. The summed E-state index contributed by atoms with van der Waals surface area (Å²) in [5, 5.41) is 23.0. The van der Waals surface area contributed by atoms with Crippen LogP contribution < -0.4 is 0 Å². The van der Waals surface area contributed by atoms with Gasteiger partial charge in [0.2, 0.25) is 5.79 Å². The zero-order chi connectivity index (χ0) is 42.2. The molecule has 5 aliphatic heterocycles. The van der Waals surface area contributed by atoms with Gasteiger partial charge >= 0.3 is 11.9 Å². The molecule has 18 atom stereocenters. The monoisotopic (exact) mass is 807 g/mol. The van der Waals surface area contributed by atoms with Gasteiger partial charge in [0, 0.05) is 37.0 Å². The normalized spacial score (nSPS) is 43.6. The van der Waals surface area contributed by atoms with Crippen molar-refractivity contribution in [2.24, 2.45) is 41.4 Å². The minimum absolute atomic E-state index is 0.00334. The van der Waals surface area contributed by atoms with Crippen LogP contribution in [0.2, 0.25) is 0 Å². The standard InChI is InChI=1S/C45H74O12/c1-13-32(41(49)51-12)34-17-16-25(4)39(54-34)29(8)37(47)28(7)38(48)33(14-2)40-26(5)24-27(6)44(55-40)21-19-36(53-31(10)46)45(57-44)23-22-42(11,56-45)35-18-20-43(50,15-3)30(9)52-35/h19,21,25-30,32-37,39-40,47,50H,13-18,20,22-24H2,1-12H3/t25-,26-,27+,28-,29-,30-,32+,33-,34+,35+,36+,37+,39+,40-,42-,43+,44+,45-/m0/s1. The zero-order valence-electron chi connectivity index (χ0n) is 36.8. The van der Waals surface area contributed by atoms with Gasteiger partial charge in [0.25, 0.3) is 0 Å². The highest BCUT2D eigenvalue weighted by molar-refractivity contribution is 5.84. The van der Waals surface area contributed by atoms with Gasteiger partial charge in [-0.25, -0.2) is 0 Å². The lowest BCUT2D eigenvalue weighted by Crippen LogP contribution is -2.63. The molecule has 0 aromatic rings. The number of ketones is 1. The molecule has 0 radical (unpaired) electrons. The Bertz CT molecular complexity index is 1450. The molecule has 4 fully saturated rings. The van der Waals surface area contributed by atoms with Crippen LogP contribution >= 0.6 is 0 Å². The third-order valence-electron chi connectivity index (χ3n) is 14.9. The van der Waals surface area contributed by atoms with E-state index in [9.17, 15) is 24.6 Å². The molecule has 0 aliphatic carbocycles. The summed E-state index contributed by atoms with van der Waals surface area (Å²) < 4.78 is 45.1. The Labute approximate surface area is 341 Å². The summed E-state index contributed by atoms with van der Waals surface area (Å²) in [6.07, 6.45) is 6.10. The van der Waals surface area contributed by atoms with Crippen LogP contribution in [0.5, 0.6) is 0 Å². The molecule has 5 aliphatic rings. The number of carbonyl (C=O) groups is 3. The van der Waals surface area contributed by atoms with Gasteiger partial charge in [-0.2, -0.15) is 0 Å². The number of aliphatic hydroxyl groups is 2. The number of esters is 2. The van der Waals surface area contributed by atoms with Crippen LogP contribution in [0.1, 0.15) is 140 Å². The van der Waals surface area contributed by atoms with Crippen molar-refractivity contribution < 1.29 is 57.8 Å². The number of hydrogen-bond donors (Lipinski definition) is 2. The minimum atomic E-state index is -1.37. The first-order chi connectivity index (χ1) is 26.7. The lowest BCUT2D eigenvalue weighted by Gasteiger charge is -2.54. The summed E-state index contributed by atoms with van der Waals surface area (Å²) in [7, 11) is 1.39. The molecule has 5 rings (SSSR count). The van der Waals surface area contributed by atoms with E-state index < -0.39 is 58.9 Å². The van der Waals surface area contributed by atoms with Crippen LogP contribution in [-0.4, -0.2) is 101 Å².